The van der Waals surface area contributed by atoms with Gasteiger partial charge in [0, 0.05) is 31.1 Å². The molecule has 168 valence electrons. The van der Waals surface area contributed by atoms with Crippen LogP contribution in [0.5, 0.6) is 11.5 Å². The quantitative estimate of drug-likeness (QED) is 0.707. The molecule has 0 saturated carbocycles. The fraction of sp³-hybridized carbons (Fsp3) is 0.435. The van der Waals surface area contributed by atoms with Gasteiger partial charge in [-0.1, -0.05) is 18.2 Å². The molecule has 0 aliphatic carbocycles. The van der Waals surface area contributed by atoms with Crippen molar-refractivity contribution < 1.29 is 22.7 Å². The van der Waals surface area contributed by atoms with Crippen LogP contribution in [0.1, 0.15) is 29.5 Å². The summed E-state index contributed by atoms with van der Waals surface area (Å²) in [6.07, 6.45) is 0.982. The average Bonchev–Trinajstić information content (AvgIpc) is 2.78. The van der Waals surface area contributed by atoms with E-state index in [2.05, 4.69) is 5.32 Å². The van der Waals surface area contributed by atoms with E-state index in [-0.39, 0.29) is 11.8 Å². The van der Waals surface area contributed by atoms with Crippen molar-refractivity contribution in [3.05, 3.63) is 53.1 Å². The predicted molar refractivity (Wildman–Crippen MR) is 119 cm³/mol. The van der Waals surface area contributed by atoms with Gasteiger partial charge in [-0.3, -0.25) is 4.79 Å². The molecular formula is C23H30N2O5S. The molecule has 3 rings (SSSR count). The number of hydrogen-bond donors (Lipinski definition) is 1. The molecule has 0 bridgehead atoms. The summed E-state index contributed by atoms with van der Waals surface area (Å²) in [5.74, 6) is 0.912. The molecule has 0 radical (unpaired) electrons. The summed E-state index contributed by atoms with van der Waals surface area (Å²) in [4.78, 5) is 13.0. The van der Waals surface area contributed by atoms with Gasteiger partial charge in [-0.05, 0) is 56.0 Å². The Hall–Kier alpha value is -2.58. The Morgan fingerprint density at radius 1 is 1.06 bits per heavy atom. The van der Waals surface area contributed by atoms with Crippen LogP contribution in [-0.2, 0) is 21.4 Å². The van der Waals surface area contributed by atoms with E-state index in [1.807, 2.05) is 32.0 Å². The van der Waals surface area contributed by atoms with E-state index in [9.17, 15) is 13.2 Å². The number of methoxy groups -OCH3 is 2. The van der Waals surface area contributed by atoms with Gasteiger partial charge in [0.2, 0.25) is 15.9 Å². The van der Waals surface area contributed by atoms with Crippen LogP contribution < -0.4 is 14.8 Å². The van der Waals surface area contributed by atoms with Gasteiger partial charge in [0.25, 0.3) is 0 Å². The largest absolute Gasteiger partial charge is 0.493 e. The molecule has 1 fully saturated rings. The van der Waals surface area contributed by atoms with Crippen molar-refractivity contribution in [3.8, 4) is 11.5 Å². The summed E-state index contributed by atoms with van der Waals surface area (Å²) < 4.78 is 38.1. The first kappa shape index (κ1) is 23.1. The average molecular weight is 447 g/mol. The van der Waals surface area contributed by atoms with Crippen LogP contribution in [-0.4, -0.2) is 45.9 Å². The Balaban J connectivity index is 1.59. The lowest BCUT2D eigenvalue weighted by Crippen LogP contribution is -2.42. The van der Waals surface area contributed by atoms with Crippen molar-refractivity contribution in [2.24, 2.45) is 5.92 Å². The predicted octanol–water partition coefficient (Wildman–Crippen LogP) is 3.04. The van der Waals surface area contributed by atoms with E-state index in [0.29, 0.717) is 48.9 Å². The number of aryl methyl sites for hydroxylation is 2. The topological polar surface area (TPSA) is 84.9 Å². The van der Waals surface area contributed by atoms with Gasteiger partial charge in [-0.15, -0.1) is 0 Å². The first-order valence-electron chi connectivity index (χ1n) is 10.3. The zero-order valence-corrected chi connectivity index (χ0v) is 19.3. The Labute approximate surface area is 184 Å². The minimum atomic E-state index is -3.55. The number of para-hydroxylation sites is 1. The van der Waals surface area contributed by atoms with Gasteiger partial charge in [0.1, 0.15) is 0 Å². The smallest absolute Gasteiger partial charge is 0.243 e. The molecule has 1 aliphatic rings. The second-order valence-electron chi connectivity index (χ2n) is 7.79. The van der Waals surface area contributed by atoms with Crippen molar-refractivity contribution in [1.29, 1.82) is 0 Å². The van der Waals surface area contributed by atoms with E-state index in [4.69, 9.17) is 9.47 Å². The van der Waals surface area contributed by atoms with Gasteiger partial charge in [0.05, 0.1) is 19.1 Å². The SMILES string of the molecule is COc1cccc(CNC(=O)C2CCN(S(=O)(=O)c3ccc(C)c(C)c3)CC2)c1OC. The van der Waals surface area contributed by atoms with Crippen LogP contribution in [0.25, 0.3) is 0 Å². The normalized spacial score (nSPS) is 15.5. The number of carbonyl (C=O) groups excluding carboxylic acids is 1. The number of amides is 1. The summed E-state index contributed by atoms with van der Waals surface area (Å²) in [6, 6.07) is 10.7. The van der Waals surface area contributed by atoms with Crippen molar-refractivity contribution >= 4 is 15.9 Å². The second-order valence-corrected chi connectivity index (χ2v) is 9.73. The molecular weight excluding hydrogens is 416 g/mol. The first-order valence-corrected chi connectivity index (χ1v) is 11.8. The maximum absolute atomic E-state index is 13.0. The number of hydrogen-bond acceptors (Lipinski definition) is 5. The highest BCUT2D eigenvalue weighted by molar-refractivity contribution is 7.89. The minimum Gasteiger partial charge on any atom is -0.493 e. The van der Waals surface area contributed by atoms with Crippen LogP contribution in [0.2, 0.25) is 0 Å². The number of piperidine rings is 1. The van der Waals surface area contributed by atoms with Crippen LogP contribution >= 0.6 is 0 Å². The lowest BCUT2D eigenvalue weighted by atomic mass is 9.97. The van der Waals surface area contributed by atoms with E-state index in [1.54, 1.807) is 32.4 Å². The maximum atomic E-state index is 13.0. The molecule has 0 spiro atoms. The summed E-state index contributed by atoms with van der Waals surface area (Å²) in [5, 5.41) is 2.95. The first-order chi connectivity index (χ1) is 14.8. The lowest BCUT2D eigenvalue weighted by molar-refractivity contribution is -0.126. The van der Waals surface area contributed by atoms with Crippen LogP contribution in [0.4, 0.5) is 0 Å². The van der Waals surface area contributed by atoms with Crippen molar-refractivity contribution in [2.75, 3.05) is 27.3 Å². The fourth-order valence-corrected chi connectivity index (χ4v) is 5.36. The van der Waals surface area contributed by atoms with Crippen molar-refractivity contribution in [3.63, 3.8) is 0 Å². The third kappa shape index (κ3) is 5.02. The summed E-state index contributed by atoms with van der Waals surface area (Å²) in [6.45, 7) is 4.84. The molecule has 31 heavy (non-hydrogen) atoms. The molecule has 0 unspecified atom stereocenters. The standard InChI is InChI=1S/C23H30N2O5S/c1-16-8-9-20(14-17(16)2)31(27,28)25-12-10-18(11-13-25)23(26)24-15-19-6-5-7-21(29-3)22(19)30-4/h5-9,14,18H,10-13,15H2,1-4H3,(H,24,26). The molecule has 1 saturated heterocycles. The lowest BCUT2D eigenvalue weighted by Gasteiger charge is -2.30. The Morgan fingerprint density at radius 2 is 1.77 bits per heavy atom. The molecule has 0 aromatic heterocycles. The highest BCUT2D eigenvalue weighted by Crippen LogP contribution is 2.31. The number of nitrogens with one attached hydrogen (secondary N) is 1. The molecule has 8 heteroatoms. The molecule has 2 aromatic rings. The van der Waals surface area contributed by atoms with E-state index < -0.39 is 10.0 Å². The highest BCUT2D eigenvalue weighted by atomic mass is 32.2. The van der Waals surface area contributed by atoms with E-state index in [1.165, 1.54) is 4.31 Å². The van der Waals surface area contributed by atoms with Crippen molar-refractivity contribution in [2.45, 2.75) is 38.1 Å². The summed E-state index contributed by atoms with van der Waals surface area (Å²) >= 11 is 0. The number of rotatable bonds is 7. The zero-order chi connectivity index (χ0) is 22.6. The summed E-state index contributed by atoms with van der Waals surface area (Å²) in [7, 11) is -0.417. The summed E-state index contributed by atoms with van der Waals surface area (Å²) in [5.41, 5.74) is 2.83. The second kappa shape index (κ2) is 9.70. The number of sulfonamides is 1. The number of nitrogens with zero attached hydrogens (tertiary/aromatic N) is 1. The Kier molecular flexibility index (Phi) is 7.23. The van der Waals surface area contributed by atoms with Crippen molar-refractivity contribution in [1.82, 2.24) is 9.62 Å². The van der Waals surface area contributed by atoms with Gasteiger partial charge in [-0.25, -0.2) is 8.42 Å². The van der Waals surface area contributed by atoms with Crippen LogP contribution in [0.15, 0.2) is 41.3 Å². The van der Waals surface area contributed by atoms with Gasteiger partial charge >= 0.3 is 0 Å². The highest BCUT2D eigenvalue weighted by Gasteiger charge is 2.32. The van der Waals surface area contributed by atoms with Gasteiger partial charge in [0.15, 0.2) is 11.5 Å². The maximum Gasteiger partial charge on any atom is 0.243 e. The van der Waals surface area contributed by atoms with E-state index in [0.717, 1.165) is 16.7 Å². The molecule has 1 amide bonds. The van der Waals surface area contributed by atoms with Gasteiger partial charge in [-0.2, -0.15) is 4.31 Å². The molecule has 0 atom stereocenters. The number of ether oxygens (including phenoxy) is 2. The molecule has 1 heterocycles. The third-order valence-electron chi connectivity index (χ3n) is 5.88. The molecule has 2 aromatic carbocycles. The zero-order valence-electron chi connectivity index (χ0n) is 18.5. The Bertz CT molecular complexity index is 1040. The fourth-order valence-electron chi connectivity index (χ4n) is 3.80. The Morgan fingerprint density at radius 3 is 2.39 bits per heavy atom. The number of benzene rings is 2. The molecule has 1 aliphatic heterocycles. The monoisotopic (exact) mass is 446 g/mol. The number of carbonyl (C=O) groups is 1. The molecule has 7 nitrogen and oxygen atoms in total. The molecule has 1 N–H and O–H groups in total. The van der Waals surface area contributed by atoms with Crippen LogP contribution in [0.3, 0.4) is 0 Å². The minimum absolute atomic E-state index is 0.0758. The van der Waals surface area contributed by atoms with Gasteiger partial charge < -0.3 is 14.8 Å². The van der Waals surface area contributed by atoms with Crippen LogP contribution in [0, 0.1) is 19.8 Å². The third-order valence-corrected chi connectivity index (χ3v) is 7.77. The van der Waals surface area contributed by atoms with E-state index >= 15 is 0 Å².